The van der Waals surface area contributed by atoms with E-state index in [9.17, 15) is 9.59 Å². The summed E-state index contributed by atoms with van der Waals surface area (Å²) in [6.07, 6.45) is 2.75. The van der Waals surface area contributed by atoms with Gasteiger partial charge in [-0.05, 0) is 44.1 Å². The molecule has 2 heterocycles. The monoisotopic (exact) mass is 410 g/mol. The second-order valence-electron chi connectivity index (χ2n) is 5.70. The highest BCUT2D eigenvalue weighted by atomic mass is 32.1. The Bertz CT molecular complexity index is 844. The molecule has 10 heteroatoms. The molecule has 0 atom stereocenters. The predicted molar refractivity (Wildman–Crippen MR) is 108 cm³/mol. The number of ether oxygens (including phenoxy) is 2. The highest BCUT2D eigenvalue weighted by molar-refractivity contribution is 7.80. The van der Waals surface area contributed by atoms with Gasteiger partial charge in [-0.2, -0.15) is 5.10 Å². The van der Waals surface area contributed by atoms with Crippen LogP contribution in [0, 0.1) is 13.8 Å². The summed E-state index contributed by atoms with van der Waals surface area (Å²) < 4.78 is 11.4. The van der Waals surface area contributed by atoms with E-state index in [2.05, 4.69) is 15.7 Å². The fourth-order valence-electron chi connectivity index (χ4n) is 2.41. The molecule has 0 unspecified atom stereocenters. The summed E-state index contributed by atoms with van der Waals surface area (Å²) in [5.74, 6) is -1.05. The van der Waals surface area contributed by atoms with Crippen LogP contribution >= 0.6 is 23.6 Å². The van der Waals surface area contributed by atoms with Gasteiger partial charge in [-0.1, -0.05) is 0 Å². The van der Waals surface area contributed by atoms with Crippen molar-refractivity contribution >= 4 is 45.6 Å². The van der Waals surface area contributed by atoms with Crippen molar-refractivity contribution in [2.75, 3.05) is 26.1 Å². The predicted octanol–water partition coefficient (Wildman–Crippen LogP) is 2.51. The average Bonchev–Trinajstić information content (AvgIpc) is 3.20. The molecule has 146 valence electrons. The molecule has 2 rings (SSSR count). The number of methoxy groups -OCH3 is 2. The van der Waals surface area contributed by atoms with E-state index in [1.54, 1.807) is 6.92 Å². The summed E-state index contributed by atoms with van der Waals surface area (Å²) in [6, 6.07) is 1.95. The third-order valence-electron chi connectivity index (χ3n) is 3.76. The maximum Gasteiger partial charge on any atom is 0.348 e. The molecule has 0 amide bonds. The molecular weight excluding hydrogens is 388 g/mol. The smallest absolute Gasteiger partial charge is 0.348 e. The zero-order chi connectivity index (χ0) is 20.0. The van der Waals surface area contributed by atoms with E-state index in [0.29, 0.717) is 27.1 Å². The molecule has 0 aliphatic heterocycles. The molecule has 0 aromatic carbocycles. The van der Waals surface area contributed by atoms with Crippen molar-refractivity contribution < 1.29 is 19.1 Å². The third-order valence-corrected chi connectivity index (χ3v) is 5.19. The highest BCUT2D eigenvalue weighted by Crippen LogP contribution is 2.34. The van der Waals surface area contributed by atoms with Crippen molar-refractivity contribution in [2.24, 2.45) is 0 Å². The lowest BCUT2D eigenvalue weighted by molar-refractivity contribution is 0.0601. The summed E-state index contributed by atoms with van der Waals surface area (Å²) in [4.78, 5) is 24.3. The Morgan fingerprint density at radius 3 is 2.56 bits per heavy atom. The first kappa shape index (κ1) is 20.8. The van der Waals surface area contributed by atoms with Crippen LogP contribution in [-0.2, 0) is 16.0 Å². The van der Waals surface area contributed by atoms with Crippen molar-refractivity contribution in [2.45, 2.75) is 26.8 Å². The molecular formula is C17H22N4O4S2. The van der Waals surface area contributed by atoms with Crippen LogP contribution in [0.2, 0.25) is 0 Å². The van der Waals surface area contributed by atoms with Crippen molar-refractivity contribution in [1.29, 1.82) is 0 Å². The second kappa shape index (κ2) is 9.47. The zero-order valence-corrected chi connectivity index (χ0v) is 17.3. The van der Waals surface area contributed by atoms with Crippen LogP contribution in [0.15, 0.2) is 12.3 Å². The standard InChI is InChI=1S/C17H22N4O4S2/c1-10-6-9-21(20-10)8-5-7-18-17(26)19-14-12(15(22)24-3)11(2)13(27-14)16(23)25-4/h6,9H,5,7-8H2,1-4H3,(H2,18,19,26). The van der Waals surface area contributed by atoms with Gasteiger partial charge >= 0.3 is 11.9 Å². The van der Waals surface area contributed by atoms with Crippen LogP contribution in [-0.4, -0.2) is 47.6 Å². The Kier molecular flexibility index (Phi) is 7.31. The van der Waals surface area contributed by atoms with Gasteiger partial charge in [-0.25, -0.2) is 9.59 Å². The van der Waals surface area contributed by atoms with Crippen molar-refractivity contribution in [3.05, 3.63) is 34.0 Å². The molecule has 0 aliphatic carbocycles. The van der Waals surface area contributed by atoms with E-state index < -0.39 is 11.9 Å². The molecule has 0 aliphatic rings. The second-order valence-corrected chi connectivity index (χ2v) is 7.13. The van der Waals surface area contributed by atoms with Gasteiger partial charge in [-0.15, -0.1) is 11.3 Å². The number of nitrogens with one attached hydrogen (secondary N) is 2. The van der Waals surface area contributed by atoms with Gasteiger partial charge in [-0.3, -0.25) is 4.68 Å². The summed E-state index contributed by atoms with van der Waals surface area (Å²) in [5.41, 5.74) is 1.75. The number of hydrogen-bond donors (Lipinski definition) is 2. The van der Waals surface area contributed by atoms with E-state index in [-0.39, 0.29) is 5.56 Å². The fourth-order valence-corrected chi connectivity index (χ4v) is 3.80. The lowest BCUT2D eigenvalue weighted by Crippen LogP contribution is -2.30. The first-order valence-corrected chi connectivity index (χ1v) is 9.44. The van der Waals surface area contributed by atoms with Crippen LogP contribution in [0.5, 0.6) is 0 Å². The summed E-state index contributed by atoms with van der Waals surface area (Å²) in [7, 11) is 2.58. The quantitative estimate of drug-likeness (QED) is 0.409. The molecule has 0 fully saturated rings. The molecule has 0 spiro atoms. The molecule has 0 saturated carbocycles. The number of esters is 2. The molecule has 0 bridgehead atoms. The van der Waals surface area contributed by atoms with Crippen LogP contribution < -0.4 is 10.6 Å². The van der Waals surface area contributed by atoms with E-state index in [1.807, 2.05) is 23.9 Å². The van der Waals surface area contributed by atoms with Crippen molar-refractivity contribution in [3.63, 3.8) is 0 Å². The largest absolute Gasteiger partial charge is 0.465 e. The van der Waals surface area contributed by atoms with Crippen LogP contribution in [0.1, 0.15) is 37.7 Å². The van der Waals surface area contributed by atoms with Gasteiger partial charge in [0.05, 0.1) is 25.5 Å². The Balaban J connectivity index is 1.99. The average molecular weight is 411 g/mol. The minimum atomic E-state index is -0.543. The number of anilines is 1. The lowest BCUT2D eigenvalue weighted by atomic mass is 10.1. The third kappa shape index (κ3) is 5.27. The molecule has 0 radical (unpaired) electrons. The van der Waals surface area contributed by atoms with E-state index >= 15 is 0 Å². The summed E-state index contributed by atoms with van der Waals surface area (Å²) >= 11 is 6.39. The van der Waals surface area contributed by atoms with Gasteiger partial charge in [0.15, 0.2) is 5.11 Å². The Labute approximate surface area is 166 Å². The molecule has 2 aromatic heterocycles. The topological polar surface area (TPSA) is 94.5 Å². The number of thiocarbonyl (C=S) groups is 1. The Morgan fingerprint density at radius 1 is 1.26 bits per heavy atom. The molecule has 27 heavy (non-hydrogen) atoms. The zero-order valence-electron chi connectivity index (χ0n) is 15.6. The molecule has 2 aromatic rings. The van der Waals surface area contributed by atoms with Crippen LogP contribution in [0.3, 0.4) is 0 Å². The normalized spacial score (nSPS) is 10.4. The number of nitrogens with zero attached hydrogens (tertiary/aromatic N) is 2. The van der Waals surface area contributed by atoms with Gasteiger partial charge in [0, 0.05) is 19.3 Å². The Morgan fingerprint density at radius 2 is 1.96 bits per heavy atom. The van der Waals surface area contributed by atoms with Crippen molar-refractivity contribution in [3.8, 4) is 0 Å². The van der Waals surface area contributed by atoms with Gasteiger partial charge < -0.3 is 20.1 Å². The summed E-state index contributed by atoms with van der Waals surface area (Å²) in [5, 5.41) is 11.2. The molecule has 0 saturated heterocycles. The number of thiophene rings is 1. The van der Waals surface area contributed by atoms with Crippen molar-refractivity contribution in [1.82, 2.24) is 15.1 Å². The van der Waals surface area contributed by atoms with E-state index in [0.717, 1.165) is 30.0 Å². The minimum absolute atomic E-state index is 0.277. The maximum absolute atomic E-state index is 12.1. The number of aromatic nitrogens is 2. The van der Waals surface area contributed by atoms with E-state index in [1.165, 1.54) is 14.2 Å². The number of carbonyl (C=O) groups is 2. The van der Waals surface area contributed by atoms with Gasteiger partial charge in [0.25, 0.3) is 0 Å². The maximum atomic E-state index is 12.1. The fraction of sp³-hybridized carbons (Fsp3) is 0.412. The number of carbonyl (C=O) groups excluding carboxylic acids is 2. The lowest BCUT2D eigenvalue weighted by Gasteiger charge is -2.10. The first-order valence-electron chi connectivity index (χ1n) is 8.22. The molecule has 8 nitrogen and oxygen atoms in total. The number of hydrogen-bond acceptors (Lipinski definition) is 7. The number of aryl methyl sites for hydroxylation is 2. The van der Waals surface area contributed by atoms with Gasteiger partial charge in [0.2, 0.25) is 0 Å². The summed E-state index contributed by atoms with van der Waals surface area (Å²) in [6.45, 7) is 5.01. The minimum Gasteiger partial charge on any atom is -0.465 e. The van der Waals surface area contributed by atoms with Gasteiger partial charge in [0.1, 0.15) is 9.88 Å². The van der Waals surface area contributed by atoms with Crippen LogP contribution in [0.25, 0.3) is 0 Å². The molecule has 2 N–H and O–H groups in total. The Hall–Kier alpha value is -2.46. The SMILES string of the molecule is COC(=O)c1sc(NC(=S)NCCCn2ccc(C)n2)c(C(=O)OC)c1C. The van der Waals surface area contributed by atoms with Crippen LogP contribution in [0.4, 0.5) is 5.00 Å². The highest BCUT2D eigenvalue weighted by Gasteiger charge is 2.26. The van der Waals surface area contributed by atoms with E-state index in [4.69, 9.17) is 21.7 Å². The first-order chi connectivity index (χ1) is 12.9. The number of rotatable bonds is 7.